The van der Waals surface area contributed by atoms with Gasteiger partial charge in [-0.25, -0.2) is 19.2 Å². The van der Waals surface area contributed by atoms with Crippen molar-refractivity contribution in [3.05, 3.63) is 54.1 Å². The summed E-state index contributed by atoms with van der Waals surface area (Å²) < 4.78 is 44.7. The molecule has 0 aliphatic carbocycles. The SMILES string of the molecule is O=C(O)C(F)(F)F.O=C(c1ccccc1)N1C[C@@H]2CN(c3ncc(F)cn3)C[C@@H]2C1. The largest absolute Gasteiger partial charge is 0.490 e. The molecule has 0 bridgehead atoms. The monoisotopic (exact) mass is 426 g/mol. The summed E-state index contributed by atoms with van der Waals surface area (Å²) in [6.07, 6.45) is -2.69. The third-order valence-electron chi connectivity index (χ3n) is 4.93. The molecule has 0 saturated carbocycles. The Bertz CT molecular complexity index is 879. The molecule has 11 heteroatoms. The lowest BCUT2D eigenvalue weighted by Gasteiger charge is -2.21. The predicted octanol–water partition coefficient (Wildman–Crippen LogP) is 2.46. The highest BCUT2D eigenvalue weighted by atomic mass is 19.4. The van der Waals surface area contributed by atoms with Crippen LogP contribution in [0.3, 0.4) is 0 Å². The number of nitrogens with zero attached hydrogens (tertiary/aromatic N) is 4. The Morgan fingerprint density at radius 3 is 1.93 bits per heavy atom. The number of halogens is 4. The normalized spacial score (nSPS) is 20.4. The maximum atomic E-state index is 12.9. The van der Waals surface area contributed by atoms with Gasteiger partial charge in [-0.1, -0.05) is 18.2 Å². The summed E-state index contributed by atoms with van der Waals surface area (Å²) in [5.74, 6) is -1.65. The van der Waals surface area contributed by atoms with Crippen LogP contribution in [0.4, 0.5) is 23.5 Å². The summed E-state index contributed by atoms with van der Waals surface area (Å²) in [4.78, 5) is 33.5. The first-order chi connectivity index (χ1) is 14.1. The zero-order valence-electron chi connectivity index (χ0n) is 15.6. The van der Waals surface area contributed by atoms with E-state index in [0.717, 1.165) is 31.7 Å². The van der Waals surface area contributed by atoms with Crippen LogP contribution in [0.25, 0.3) is 0 Å². The van der Waals surface area contributed by atoms with Crippen molar-refractivity contribution in [2.75, 3.05) is 31.1 Å². The summed E-state index contributed by atoms with van der Waals surface area (Å²) in [6, 6.07) is 9.40. The maximum Gasteiger partial charge on any atom is 0.490 e. The minimum atomic E-state index is -5.08. The van der Waals surface area contributed by atoms with E-state index >= 15 is 0 Å². The molecule has 3 heterocycles. The number of anilines is 1. The summed E-state index contributed by atoms with van der Waals surface area (Å²) in [5.41, 5.74) is 0.742. The van der Waals surface area contributed by atoms with E-state index in [4.69, 9.17) is 9.90 Å². The number of fused-ring (bicyclic) bond motifs is 1. The number of hydrogen-bond acceptors (Lipinski definition) is 5. The van der Waals surface area contributed by atoms with Crippen LogP contribution in [-0.4, -0.2) is 64.2 Å². The van der Waals surface area contributed by atoms with Crippen LogP contribution in [0.15, 0.2) is 42.7 Å². The molecule has 4 rings (SSSR count). The van der Waals surface area contributed by atoms with Gasteiger partial charge in [-0.2, -0.15) is 13.2 Å². The number of hydrogen-bond donors (Lipinski definition) is 1. The second kappa shape index (κ2) is 8.64. The number of rotatable bonds is 2. The van der Waals surface area contributed by atoms with Crippen LogP contribution in [0.1, 0.15) is 10.4 Å². The van der Waals surface area contributed by atoms with Gasteiger partial charge in [-0.3, -0.25) is 4.79 Å². The van der Waals surface area contributed by atoms with Crippen LogP contribution in [0.5, 0.6) is 0 Å². The third kappa shape index (κ3) is 5.02. The first kappa shape index (κ1) is 21.5. The van der Waals surface area contributed by atoms with Gasteiger partial charge in [-0.05, 0) is 12.1 Å². The van der Waals surface area contributed by atoms with Gasteiger partial charge in [0.2, 0.25) is 5.95 Å². The zero-order chi connectivity index (χ0) is 21.9. The number of carboxylic acids is 1. The van der Waals surface area contributed by atoms with Gasteiger partial charge < -0.3 is 14.9 Å². The number of aromatic nitrogens is 2. The van der Waals surface area contributed by atoms with E-state index in [9.17, 15) is 22.4 Å². The number of benzene rings is 1. The lowest BCUT2D eigenvalue weighted by molar-refractivity contribution is -0.192. The molecule has 2 atom stereocenters. The molecule has 1 aromatic heterocycles. The number of carbonyl (C=O) groups excluding carboxylic acids is 1. The molecule has 2 aliphatic rings. The van der Waals surface area contributed by atoms with E-state index < -0.39 is 18.0 Å². The summed E-state index contributed by atoms with van der Waals surface area (Å²) in [6.45, 7) is 3.15. The molecule has 1 N–H and O–H groups in total. The van der Waals surface area contributed by atoms with Gasteiger partial charge in [0.25, 0.3) is 5.91 Å². The smallest absolute Gasteiger partial charge is 0.475 e. The van der Waals surface area contributed by atoms with E-state index in [1.165, 1.54) is 12.4 Å². The van der Waals surface area contributed by atoms with Crippen LogP contribution in [0, 0.1) is 17.7 Å². The van der Waals surface area contributed by atoms with Gasteiger partial charge in [0.1, 0.15) is 0 Å². The van der Waals surface area contributed by atoms with E-state index in [2.05, 4.69) is 14.9 Å². The van der Waals surface area contributed by atoms with Gasteiger partial charge in [0.15, 0.2) is 5.82 Å². The maximum absolute atomic E-state index is 12.9. The van der Waals surface area contributed by atoms with Crippen LogP contribution >= 0.6 is 0 Å². The molecule has 2 saturated heterocycles. The van der Waals surface area contributed by atoms with Crippen molar-refractivity contribution in [1.29, 1.82) is 0 Å². The Balaban J connectivity index is 0.000000318. The van der Waals surface area contributed by atoms with Crippen LogP contribution < -0.4 is 4.90 Å². The number of carbonyl (C=O) groups is 2. The summed E-state index contributed by atoms with van der Waals surface area (Å²) in [5, 5.41) is 7.12. The highest BCUT2D eigenvalue weighted by Gasteiger charge is 2.42. The molecule has 1 amide bonds. The standard InChI is InChI=1S/C17H17FN4O.C2HF3O2/c18-15-6-19-17(20-7-15)22-10-13-8-21(9-14(13)11-22)16(23)12-4-2-1-3-5-12;3-2(4,5)1(6)7/h1-7,13-14H,8-11H2;(H,6,7)/t13-,14+;. The minimum Gasteiger partial charge on any atom is -0.475 e. The molecular weight excluding hydrogens is 408 g/mol. The average molecular weight is 426 g/mol. The molecule has 0 unspecified atom stereocenters. The van der Waals surface area contributed by atoms with Crippen molar-refractivity contribution in [3.8, 4) is 0 Å². The fourth-order valence-electron chi connectivity index (χ4n) is 3.55. The van der Waals surface area contributed by atoms with Crippen molar-refractivity contribution in [2.45, 2.75) is 6.18 Å². The van der Waals surface area contributed by atoms with Gasteiger partial charge in [0.05, 0.1) is 12.4 Å². The zero-order valence-corrected chi connectivity index (χ0v) is 15.6. The first-order valence-electron chi connectivity index (χ1n) is 9.02. The van der Waals surface area contributed by atoms with Crippen LogP contribution in [-0.2, 0) is 4.79 Å². The van der Waals surface area contributed by atoms with Gasteiger partial charge in [0, 0.05) is 43.6 Å². The van der Waals surface area contributed by atoms with Crippen molar-refractivity contribution in [3.63, 3.8) is 0 Å². The first-order valence-corrected chi connectivity index (χ1v) is 9.02. The molecule has 2 aromatic rings. The number of amides is 1. The number of likely N-dealkylation sites (tertiary alicyclic amines) is 1. The second-order valence-corrected chi connectivity index (χ2v) is 7.01. The molecule has 2 fully saturated rings. The van der Waals surface area contributed by atoms with Crippen LogP contribution in [0.2, 0.25) is 0 Å². The highest BCUT2D eigenvalue weighted by molar-refractivity contribution is 5.94. The van der Waals surface area contributed by atoms with E-state index in [-0.39, 0.29) is 5.91 Å². The lowest BCUT2D eigenvalue weighted by Crippen LogP contribution is -2.33. The highest BCUT2D eigenvalue weighted by Crippen LogP contribution is 2.33. The molecule has 1 aromatic carbocycles. The van der Waals surface area contributed by atoms with E-state index in [1.54, 1.807) is 0 Å². The lowest BCUT2D eigenvalue weighted by atomic mass is 10.0. The Labute approximate surface area is 169 Å². The molecule has 0 spiro atoms. The number of alkyl halides is 3. The van der Waals surface area contributed by atoms with Gasteiger partial charge in [-0.15, -0.1) is 0 Å². The molecular formula is C19H18F4N4O3. The molecule has 160 valence electrons. The van der Waals surface area contributed by atoms with Crippen molar-refractivity contribution in [1.82, 2.24) is 14.9 Å². The topological polar surface area (TPSA) is 86.6 Å². The molecule has 7 nitrogen and oxygen atoms in total. The van der Waals surface area contributed by atoms with Crippen molar-refractivity contribution in [2.24, 2.45) is 11.8 Å². The Hall–Kier alpha value is -3.24. The van der Waals surface area contributed by atoms with E-state index in [1.807, 2.05) is 35.2 Å². The quantitative estimate of drug-likeness (QED) is 0.743. The summed E-state index contributed by atoms with van der Waals surface area (Å²) >= 11 is 0. The van der Waals surface area contributed by atoms with Gasteiger partial charge >= 0.3 is 12.1 Å². The average Bonchev–Trinajstić information content (AvgIpc) is 3.28. The number of aliphatic carboxylic acids is 1. The minimum absolute atomic E-state index is 0.101. The molecule has 2 aliphatic heterocycles. The Morgan fingerprint density at radius 1 is 0.967 bits per heavy atom. The van der Waals surface area contributed by atoms with Crippen molar-refractivity contribution >= 4 is 17.8 Å². The fourth-order valence-corrected chi connectivity index (χ4v) is 3.55. The summed E-state index contributed by atoms with van der Waals surface area (Å²) in [7, 11) is 0. The Morgan fingerprint density at radius 2 is 1.47 bits per heavy atom. The number of carboxylic acid groups (broad SMARTS) is 1. The fraction of sp³-hybridized carbons (Fsp3) is 0.368. The van der Waals surface area contributed by atoms with Crippen molar-refractivity contribution < 1.29 is 32.3 Å². The molecule has 0 radical (unpaired) electrons. The Kier molecular flexibility index (Phi) is 6.18. The predicted molar refractivity (Wildman–Crippen MR) is 97.2 cm³/mol. The third-order valence-corrected chi connectivity index (χ3v) is 4.93. The molecule has 30 heavy (non-hydrogen) atoms. The second-order valence-electron chi connectivity index (χ2n) is 7.01. The van der Waals surface area contributed by atoms with E-state index in [0.29, 0.717) is 17.8 Å².